The molecule has 1 aromatic heterocycles. The largest absolute Gasteiger partial charge is 0.310 e. The molecule has 1 aliphatic rings. The summed E-state index contributed by atoms with van der Waals surface area (Å²) in [5.41, 5.74) is 20.9. The average Bonchev–Trinajstić information content (AvgIpc) is 3.97. The number of rotatable bonds is 9. The molecule has 0 saturated heterocycles. The van der Waals surface area contributed by atoms with Crippen LogP contribution >= 0.6 is 0 Å². The molecule has 0 aliphatic heterocycles. The Kier molecular flexibility index (Phi) is 10.1. The topological polar surface area (TPSA) is 8.17 Å². The van der Waals surface area contributed by atoms with E-state index >= 15 is 0 Å². The molecule has 12 aromatic carbocycles. The van der Waals surface area contributed by atoms with Crippen LogP contribution in [0.3, 0.4) is 0 Å². The first-order valence-corrected chi connectivity index (χ1v) is 25.2. The number of hydrogen-bond acceptors (Lipinski definition) is 1. The highest BCUT2D eigenvalue weighted by Crippen LogP contribution is 2.59. The Morgan fingerprint density at radius 3 is 1.44 bits per heavy atom. The maximum absolute atomic E-state index is 2.47. The monoisotopic (exact) mass is 928 g/mol. The Morgan fingerprint density at radius 2 is 0.781 bits per heavy atom. The third-order valence-electron chi connectivity index (χ3n) is 15.2. The van der Waals surface area contributed by atoms with Crippen molar-refractivity contribution in [3.8, 4) is 50.2 Å². The summed E-state index contributed by atoms with van der Waals surface area (Å²) in [6.45, 7) is 0. The van der Waals surface area contributed by atoms with Gasteiger partial charge in [0.2, 0.25) is 0 Å². The Bertz CT molecular complexity index is 4090. The lowest BCUT2D eigenvalue weighted by Gasteiger charge is -2.34. The molecule has 0 N–H and O–H groups in total. The molecule has 14 rings (SSSR count). The van der Waals surface area contributed by atoms with Gasteiger partial charge in [-0.3, -0.25) is 0 Å². The molecule has 0 radical (unpaired) electrons. The lowest BCUT2D eigenvalue weighted by atomic mass is 9.68. The van der Waals surface area contributed by atoms with E-state index in [1.807, 2.05) is 0 Å². The molecule has 0 spiro atoms. The van der Waals surface area contributed by atoms with Gasteiger partial charge in [0.05, 0.1) is 22.1 Å². The fraction of sp³-hybridized carbons (Fsp3) is 0.0141. The molecule has 0 unspecified atom stereocenters. The number of aromatic nitrogens is 1. The van der Waals surface area contributed by atoms with Gasteiger partial charge in [-0.15, -0.1) is 0 Å². The van der Waals surface area contributed by atoms with Crippen LogP contribution in [0.4, 0.5) is 17.1 Å². The van der Waals surface area contributed by atoms with Gasteiger partial charge in [-0.25, -0.2) is 0 Å². The zero-order valence-corrected chi connectivity index (χ0v) is 40.1. The van der Waals surface area contributed by atoms with Crippen molar-refractivity contribution in [2.45, 2.75) is 5.41 Å². The Balaban J connectivity index is 0.914. The molecule has 1 heterocycles. The molecular weight excluding hydrogens is 881 g/mol. The minimum absolute atomic E-state index is 0.527. The van der Waals surface area contributed by atoms with Crippen LogP contribution in [-0.4, -0.2) is 4.57 Å². The molecule has 0 saturated carbocycles. The summed E-state index contributed by atoms with van der Waals surface area (Å²) in [7, 11) is 0. The van der Waals surface area contributed by atoms with Crippen molar-refractivity contribution in [3.05, 3.63) is 313 Å². The zero-order valence-electron chi connectivity index (χ0n) is 40.1. The predicted octanol–water partition coefficient (Wildman–Crippen LogP) is 18.8. The molecule has 0 fully saturated rings. The number of hydrogen-bond donors (Lipinski definition) is 0. The van der Waals surface area contributed by atoms with E-state index in [0.717, 1.165) is 33.9 Å². The van der Waals surface area contributed by atoms with E-state index in [4.69, 9.17) is 0 Å². The lowest BCUT2D eigenvalue weighted by molar-refractivity contribution is 0.768. The number of benzene rings is 12. The second-order valence-electron chi connectivity index (χ2n) is 19.2. The smallest absolute Gasteiger partial charge is 0.0714 e. The average molecular weight is 929 g/mol. The Morgan fingerprint density at radius 1 is 0.301 bits per heavy atom. The molecule has 0 amide bonds. The molecule has 1 aliphatic carbocycles. The third-order valence-corrected chi connectivity index (χ3v) is 15.2. The number of anilines is 3. The molecule has 0 atom stereocenters. The number of para-hydroxylation sites is 2. The molecule has 0 bridgehead atoms. The van der Waals surface area contributed by atoms with Gasteiger partial charge in [0, 0.05) is 33.4 Å². The van der Waals surface area contributed by atoms with E-state index < -0.39 is 5.41 Å². The van der Waals surface area contributed by atoms with Crippen molar-refractivity contribution >= 4 is 49.6 Å². The molecule has 73 heavy (non-hydrogen) atoms. The van der Waals surface area contributed by atoms with Crippen molar-refractivity contribution in [1.82, 2.24) is 4.57 Å². The van der Waals surface area contributed by atoms with Crippen LogP contribution in [0.15, 0.2) is 291 Å². The fourth-order valence-corrected chi connectivity index (χ4v) is 12.0. The van der Waals surface area contributed by atoms with Gasteiger partial charge in [0.1, 0.15) is 0 Å². The Labute approximate surface area is 426 Å². The van der Waals surface area contributed by atoms with E-state index in [9.17, 15) is 0 Å². The van der Waals surface area contributed by atoms with Crippen LogP contribution in [0, 0.1) is 0 Å². The maximum atomic E-state index is 2.47. The lowest BCUT2D eigenvalue weighted by Crippen LogP contribution is -2.28. The molecule has 2 heteroatoms. The summed E-state index contributed by atoms with van der Waals surface area (Å²) < 4.78 is 2.40. The second-order valence-corrected chi connectivity index (χ2v) is 19.2. The summed E-state index contributed by atoms with van der Waals surface area (Å²) in [6.07, 6.45) is 0. The van der Waals surface area contributed by atoms with E-state index in [0.29, 0.717) is 0 Å². The highest BCUT2D eigenvalue weighted by atomic mass is 15.1. The van der Waals surface area contributed by atoms with E-state index in [1.165, 1.54) is 88.2 Å². The number of fused-ring (bicyclic) bond motifs is 7. The predicted molar refractivity (Wildman–Crippen MR) is 307 cm³/mol. The van der Waals surface area contributed by atoms with Crippen LogP contribution in [0.2, 0.25) is 0 Å². The highest BCUT2D eigenvalue weighted by Gasteiger charge is 2.47. The maximum Gasteiger partial charge on any atom is 0.0714 e. The van der Waals surface area contributed by atoms with Gasteiger partial charge >= 0.3 is 0 Å². The van der Waals surface area contributed by atoms with E-state index in [1.54, 1.807) is 0 Å². The summed E-state index contributed by atoms with van der Waals surface area (Å²) in [6, 6.07) is 107. The Hall–Kier alpha value is -9.50. The van der Waals surface area contributed by atoms with Gasteiger partial charge in [0.15, 0.2) is 0 Å². The van der Waals surface area contributed by atoms with Gasteiger partial charge < -0.3 is 9.47 Å². The van der Waals surface area contributed by atoms with Crippen molar-refractivity contribution < 1.29 is 0 Å². The third kappa shape index (κ3) is 6.94. The quantitative estimate of drug-likeness (QED) is 0.140. The van der Waals surface area contributed by atoms with Gasteiger partial charge in [-0.05, 0) is 139 Å². The van der Waals surface area contributed by atoms with Crippen LogP contribution in [-0.2, 0) is 5.41 Å². The summed E-state index contributed by atoms with van der Waals surface area (Å²) in [4.78, 5) is 2.47. The van der Waals surface area contributed by atoms with Gasteiger partial charge in [0.25, 0.3) is 0 Å². The normalized spacial score (nSPS) is 12.5. The summed E-state index contributed by atoms with van der Waals surface area (Å²) in [5.74, 6) is 0. The van der Waals surface area contributed by atoms with Crippen molar-refractivity contribution in [3.63, 3.8) is 0 Å². The minimum atomic E-state index is -0.527. The fourth-order valence-electron chi connectivity index (χ4n) is 12.0. The highest BCUT2D eigenvalue weighted by molar-refractivity contribution is 6.09. The van der Waals surface area contributed by atoms with Crippen molar-refractivity contribution in [2.24, 2.45) is 0 Å². The van der Waals surface area contributed by atoms with Gasteiger partial charge in [-0.1, -0.05) is 224 Å². The van der Waals surface area contributed by atoms with Gasteiger partial charge in [-0.2, -0.15) is 0 Å². The number of nitrogens with zero attached hydrogens (tertiary/aromatic N) is 2. The van der Waals surface area contributed by atoms with E-state index in [2.05, 4.69) is 301 Å². The summed E-state index contributed by atoms with van der Waals surface area (Å²) in [5, 5.41) is 5.02. The van der Waals surface area contributed by atoms with Crippen molar-refractivity contribution in [1.29, 1.82) is 0 Å². The first-order chi connectivity index (χ1) is 36.2. The SMILES string of the molecule is c1ccc(C2(c3ccccc3)c3ccccc3-c3c(N(c4ccc(-c5cccc(-c6ccc7ccccc7c6)c5)cc4)c4ccc(-c5cccc(-n6c7ccccc7c7ccccc76)c5)cc4)cccc32)cc1. The minimum Gasteiger partial charge on any atom is -0.310 e. The van der Waals surface area contributed by atoms with Crippen LogP contribution in [0.1, 0.15) is 22.3 Å². The second kappa shape index (κ2) is 17.4. The van der Waals surface area contributed by atoms with Crippen LogP contribution in [0.5, 0.6) is 0 Å². The standard InChI is InChI=1S/C71H48N2/c1-3-23-57(24-4-1)71(58-25-5-2-6-26-58)65-31-12-9-30-64(65)70-66(71)32-17-35-69(70)72(59-42-38-50(39-43-59)53-20-15-21-54(46-53)56-37-36-49-18-7-8-19-52(49)47-56)60-44-40-51(41-45-60)55-22-16-27-61(48-55)73-67-33-13-10-28-62(67)63-29-11-14-34-68(63)73/h1-48H. The molecular formula is C71H48N2. The first kappa shape index (κ1) is 42.4. The van der Waals surface area contributed by atoms with Crippen LogP contribution in [0.25, 0.3) is 82.8 Å². The molecule has 2 nitrogen and oxygen atoms in total. The van der Waals surface area contributed by atoms with Crippen LogP contribution < -0.4 is 4.90 Å². The van der Waals surface area contributed by atoms with E-state index in [-0.39, 0.29) is 0 Å². The molecule has 13 aromatic rings. The summed E-state index contributed by atoms with van der Waals surface area (Å²) >= 11 is 0. The van der Waals surface area contributed by atoms with Crippen molar-refractivity contribution in [2.75, 3.05) is 4.90 Å². The molecule has 342 valence electrons. The first-order valence-electron chi connectivity index (χ1n) is 25.2. The zero-order chi connectivity index (χ0) is 48.3.